The van der Waals surface area contributed by atoms with Gasteiger partial charge in [0.25, 0.3) is 0 Å². The molecular formula is C14H10S. The van der Waals surface area contributed by atoms with E-state index in [9.17, 15) is 0 Å². The quantitative estimate of drug-likeness (QED) is 0.686. The van der Waals surface area contributed by atoms with Gasteiger partial charge in [-0.15, -0.1) is 0 Å². The van der Waals surface area contributed by atoms with Crippen LogP contribution >= 0.6 is 11.8 Å². The van der Waals surface area contributed by atoms with Crippen LogP contribution in [0.25, 0.3) is 4.91 Å². The number of rotatable bonds is 3. The molecule has 0 aromatic heterocycles. The van der Waals surface area contributed by atoms with E-state index in [4.69, 9.17) is 6.58 Å². The van der Waals surface area contributed by atoms with Gasteiger partial charge in [0.1, 0.15) is 0 Å². The van der Waals surface area contributed by atoms with Gasteiger partial charge in [-0.1, -0.05) is 60.3 Å². The van der Waals surface area contributed by atoms with Gasteiger partial charge in [0.15, 0.2) is 0 Å². The van der Waals surface area contributed by atoms with Crippen LogP contribution in [0.5, 0.6) is 0 Å². The monoisotopic (exact) mass is 210 g/mol. The first-order chi connectivity index (χ1) is 7.36. The molecule has 1 heteroatoms. The molecule has 2 radical (unpaired) electrons. The maximum Gasteiger partial charge on any atom is 0.0280 e. The molecule has 2 rings (SSSR count). The van der Waals surface area contributed by atoms with Gasteiger partial charge in [0, 0.05) is 16.4 Å². The van der Waals surface area contributed by atoms with Crippen LogP contribution in [0.3, 0.4) is 0 Å². The summed E-state index contributed by atoms with van der Waals surface area (Å²) in [6, 6.07) is 19.8. The number of hydrogen-bond acceptors (Lipinski definition) is 1. The number of hydrogen-bond donors (Lipinski definition) is 0. The van der Waals surface area contributed by atoms with Gasteiger partial charge in [-0.25, -0.2) is 0 Å². The molecule has 0 fully saturated rings. The van der Waals surface area contributed by atoms with Crippen molar-refractivity contribution in [2.75, 3.05) is 0 Å². The molecule has 0 N–H and O–H groups in total. The minimum atomic E-state index is 0.585. The third kappa shape index (κ3) is 2.74. The average molecular weight is 210 g/mol. The van der Waals surface area contributed by atoms with Gasteiger partial charge < -0.3 is 0 Å². The third-order valence-electron chi connectivity index (χ3n) is 2.00. The van der Waals surface area contributed by atoms with E-state index in [0.29, 0.717) is 4.91 Å². The first-order valence-corrected chi connectivity index (χ1v) is 5.55. The Labute approximate surface area is 94.7 Å². The highest BCUT2D eigenvalue weighted by molar-refractivity contribution is 8.08. The van der Waals surface area contributed by atoms with Crippen LogP contribution in [0.1, 0.15) is 5.56 Å². The minimum absolute atomic E-state index is 0.585. The molecule has 0 spiro atoms. The summed E-state index contributed by atoms with van der Waals surface area (Å²) in [5, 5.41) is 0. The molecule has 0 atom stereocenters. The topological polar surface area (TPSA) is 0 Å². The van der Waals surface area contributed by atoms with Crippen molar-refractivity contribution in [2.45, 2.75) is 4.90 Å². The van der Waals surface area contributed by atoms with Crippen LogP contribution < -0.4 is 0 Å². The van der Waals surface area contributed by atoms with Crippen LogP contribution in [0.4, 0.5) is 0 Å². The second-order valence-electron chi connectivity index (χ2n) is 3.11. The lowest BCUT2D eigenvalue weighted by Gasteiger charge is -2.04. The highest BCUT2D eigenvalue weighted by Gasteiger charge is 2.00. The largest absolute Gasteiger partial charge is 0.0888 e. The van der Waals surface area contributed by atoms with Crippen LogP contribution in [0, 0.1) is 6.58 Å². The van der Waals surface area contributed by atoms with Crippen molar-refractivity contribution in [3.8, 4) is 0 Å². The lowest BCUT2D eigenvalue weighted by Crippen LogP contribution is -1.77. The SMILES string of the molecule is [C]=C(Sc1ccccc1)c1ccccc1. The fourth-order valence-corrected chi connectivity index (χ4v) is 2.04. The molecule has 0 saturated carbocycles. The zero-order valence-corrected chi connectivity index (χ0v) is 9.00. The van der Waals surface area contributed by atoms with Crippen molar-refractivity contribution in [1.82, 2.24) is 0 Å². The van der Waals surface area contributed by atoms with E-state index in [0.717, 1.165) is 10.5 Å². The van der Waals surface area contributed by atoms with Gasteiger partial charge >= 0.3 is 0 Å². The van der Waals surface area contributed by atoms with E-state index in [1.165, 1.54) is 11.8 Å². The van der Waals surface area contributed by atoms with Crippen LogP contribution in [-0.4, -0.2) is 0 Å². The smallest absolute Gasteiger partial charge is 0.0280 e. The summed E-state index contributed by atoms with van der Waals surface area (Å²) in [5.41, 5.74) is 0.964. The summed E-state index contributed by atoms with van der Waals surface area (Å²) in [4.78, 5) is 1.69. The molecule has 15 heavy (non-hydrogen) atoms. The fraction of sp³-hybridized carbons (Fsp3) is 0. The lowest BCUT2D eigenvalue weighted by molar-refractivity contribution is 1.47. The summed E-state index contributed by atoms with van der Waals surface area (Å²) in [7, 11) is 0. The molecule has 0 amide bonds. The van der Waals surface area contributed by atoms with E-state index in [-0.39, 0.29) is 0 Å². The molecule has 0 aliphatic carbocycles. The highest BCUT2D eigenvalue weighted by Crippen LogP contribution is 2.31. The summed E-state index contributed by atoms with van der Waals surface area (Å²) in [6.45, 7) is 7.93. The first kappa shape index (κ1) is 10.1. The van der Waals surface area contributed by atoms with Crippen LogP contribution in [0.15, 0.2) is 65.6 Å². The van der Waals surface area contributed by atoms with Crippen LogP contribution in [-0.2, 0) is 0 Å². The molecule has 0 unspecified atom stereocenters. The van der Waals surface area contributed by atoms with Gasteiger partial charge in [-0.2, -0.15) is 0 Å². The number of benzene rings is 2. The maximum atomic E-state index is 7.93. The second-order valence-corrected chi connectivity index (χ2v) is 4.19. The van der Waals surface area contributed by atoms with E-state index < -0.39 is 0 Å². The lowest BCUT2D eigenvalue weighted by atomic mass is 10.2. The summed E-state index contributed by atoms with van der Waals surface area (Å²) in [5.74, 6) is 0. The zero-order chi connectivity index (χ0) is 10.5. The summed E-state index contributed by atoms with van der Waals surface area (Å²) in [6.07, 6.45) is 0. The van der Waals surface area contributed by atoms with Gasteiger partial charge in [-0.05, 0) is 17.7 Å². The summed E-state index contributed by atoms with van der Waals surface area (Å²) >= 11 is 1.48. The van der Waals surface area contributed by atoms with Crippen molar-refractivity contribution in [1.29, 1.82) is 0 Å². The van der Waals surface area contributed by atoms with Crippen molar-refractivity contribution < 1.29 is 0 Å². The molecule has 72 valence electrons. The molecule has 0 aliphatic rings. The van der Waals surface area contributed by atoms with Crippen molar-refractivity contribution in [3.63, 3.8) is 0 Å². The Morgan fingerprint density at radius 1 is 0.800 bits per heavy atom. The zero-order valence-electron chi connectivity index (χ0n) is 8.18. The predicted octanol–water partition coefficient (Wildman–Crippen LogP) is 4.13. The molecule has 0 saturated heterocycles. The standard InChI is InChI=1S/C14H10S/c1-12(13-8-4-2-5-9-13)15-14-10-6-3-7-11-14/h2-11H. The van der Waals surface area contributed by atoms with Crippen molar-refractivity contribution in [3.05, 3.63) is 72.8 Å². The first-order valence-electron chi connectivity index (χ1n) is 4.73. The van der Waals surface area contributed by atoms with E-state index in [2.05, 4.69) is 0 Å². The average Bonchev–Trinajstić information content (AvgIpc) is 2.31. The summed E-state index contributed by atoms with van der Waals surface area (Å²) < 4.78 is 0. The third-order valence-corrected chi connectivity index (χ3v) is 2.95. The number of thioether (sulfide) groups is 1. The van der Waals surface area contributed by atoms with Crippen molar-refractivity contribution >= 4 is 16.7 Å². The minimum Gasteiger partial charge on any atom is -0.0888 e. The van der Waals surface area contributed by atoms with E-state index in [1.807, 2.05) is 60.7 Å². The van der Waals surface area contributed by atoms with Gasteiger partial charge in [0.05, 0.1) is 0 Å². The van der Waals surface area contributed by atoms with E-state index in [1.54, 1.807) is 0 Å². The van der Waals surface area contributed by atoms with Crippen LogP contribution in [0.2, 0.25) is 0 Å². The van der Waals surface area contributed by atoms with Crippen molar-refractivity contribution in [2.24, 2.45) is 0 Å². The Hall–Kier alpha value is -1.47. The molecule has 0 aliphatic heterocycles. The molecule has 0 heterocycles. The normalized spacial score (nSPS) is 9.87. The fourth-order valence-electron chi connectivity index (χ4n) is 1.25. The molecule has 2 aromatic rings. The predicted molar refractivity (Wildman–Crippen MR) is 65.4 cm³/mol. The Kier molecular flexibility index (Phi) is 3.25. The highest BCUT2D eigenvalue weighted by atomic mass is 32.2. The second kappa shape index (κ2) is 4.85. The molecule has 2 aromatic carbocycles. The van der Waals surface area contributed by atoms with Gasteiger partial charge in [0.2, 0.25) is 0 Å². The molecule has 0 nitrogen and oxygen atoms in total. The Morgan fingerprint density at radius 2 is 1.33 bits per heavy atom. The molecule has 0 bridgehead atoms. The maximum absolute atomic E-state index is 7.93. The molecular weight excluding hydrogens is 200 g/mol. The van der Waals surface area contributed by atoms with Gasteiger partial charge in [-0.3, -0.25) is 0 Å². The Bertz CT molecular complexity index is 431. The Morgan fingerprint density at radius 3 is 1.93 bits per heavy atom. The Balaban J connectivity index is 2.12. The van der Waals surface area contributed by atoms with E-state index >= 15 is 0 Å².